The molecule has 1 atom stereocenters. The summed E-state index contributed by atoms with van der Waals surface area (Å²) < 4.78 is 11.9. The van der Waals surface area contributed by atoms with Crippen LogP contribution < -0.4 is 10.2 Å². The fourth-order valence-corrected chi connectivity index (χ4v) is 3.64. The number of hydrogen-bond donors (Lipinski definition) is 3. The van der Waals surface area contributed by atoms with E-state index in [1.807, 2.05) is 26.8 Å². The molecule has 0 spiro atoms. The smallest absolute Gasteiger partial charge is 0.208 e. The van der Waals surface area contributed by atoms with E-state index in [4.69, 9.17) is 9.15 Å². The van der Waals surface area contributed by atoms with Crippen LogP contribution in [0.2, 0.25) is 0 Å². The number of ether oxygens (including phenoxy) is 1. The summed E-state index contributed by atoms with van der Waals surface area (Å²) in [7, 11) is 0. The van der Waals surface area contributed by atoms with Gasteiger partial charge in [0.1, 0.15) is 33.6 Å². The maximum Gasteiger partial charge on any atom is 0.208 e. The van der Waals surface area contributed by atoms with E-state index in [-0.39, 0.29) is 39.2 Å². The van der Waals surface area contributed by atoms with Crippen LogP contribution in [0.15, 0.2) is 45.1 Å². The van der Waals surface area contributed by atoms with Crippen LogP contribution in [0, 0.1) is 0 Å². The zero-order chi connectivity index (χ0) is 20.9. The second kappa shape index (κ2) is 6.58. The first-order chi connectivity index (χ1) is 13.7. The number of fused-ring (bicyclic) bond motifs is 4. The molecule has 0 saturated carbocycles. The van der Waals surface area contributed by atoms with Gasteiger partial charge < -0.3 is 24.5 Å². The Morgan fingerprint density at radius 2 is 1.76 bits per heavy atom. The molecule has 0 saturated heterocycles. The van der Waals surface area contributed by atoms with E-state index in [2.05, 4.69) is 6.08 Å². The highest BCUT2D eigenvalue weighted by Gasteiger charge is 2.30. The third kappa shape index (κ3) is 3.10. The molecule has 1 aliphatic rings. The topological polar surface area (TPSA) is 100 Å². The number of hydrogen-bond acceptors (Lipinski definition) is 6. The van der Waals surface area contributed by atoms with Gasteiger partial charge in [0.15, 0.2) is 16.9 Å². The quantitative estimate of drug-likeness (QED) is 0.329. The molecule has 3 aromatic rings. The lowest BCUT2D eigenvalue weighted by Gasteiger charge is -2.31. The lowest BCUT2D eigenvalue weighted by atomic mass is 9.93. The number of aromatic hydroxyl groups is 3. The Labute approximate surface area is 167 Å². The highest BCUT2D eigenvalue weighted by Crippen LogP contribution is 2.43. The largest absolute Gasteiger partial charge is 0.507 e. The summed E-state index contributed by atoms with van der Waals surface area (Å²) in [6.45, 7) is 6.03. The SMILES string of the molecule is CC(C)=CCC[C@@]1(C)C=Cc2c(cc(O)c3c(=O)c4c(O)ccc(O)c4oc23)O1. The minimum atomic E-state index is -0.625. The minimum Gasteiger partial charge on any atom is -0.507 e. The van der Waals surface area contributed by atoms with Crippen molar-refractivity contribution in [2.24, 2.45) is 0 Å². The molecule has 6 heteroatoms. The van der Waals surface area contributed by atoms with Gasteiger partial charge in [0, 0.05) is 6.07 Å². The molecule has 29 heavy (non-hydrogen) atoms. The molecule has 3 N–H and O–H groups in total. The Bertz CT molecular complexity index is 1260. The fraction of sp³-hybridized carbons (Fsp3) is 0.261. The van der Waals surface area contributed by atoms with Crippen molar-refractivity contribution >= 4 is 28.0 Å². The summed E-state index contributed by atoms with van der Waals surface area (Å²) in [4.78, 5) is 12.9. The molecule has 0 bridgehead atoms. The molecular weight excluding hydrogens is 372 g/mol. The zero-order valence-corrected chi connectivity index (χ0v) is 16.4. The molecule has 0 unspecified atom stereocenters. The van der Waals surface area contributed by atoms with E-state index in [0.29, 0.717) is 11.3 Å². The number of allylic oxidation sites excluding steroid dienone is 2. The molecule has 4 rings (SSSR count). The van der Waals surface area contributed by atoms with Crippen molar-refractivity contribution in [1.29, 1.82) is 0 Å². The Hall–Kier alpha value is -3.41. The van der Waals surface area contributed by atoms with Crippen LogP contribution in [-0.2, 0) is 0 Å². The van der Waals surface area contributed by atoms with E-state index in [0.717, 1.165) is 12.8 Å². The first-order valence-electron chi connectivity index (χ1n) is 9.39. The van der Waals surface area contributed by atoms with Gasteiger partial charge in [0.25, 0.3) is 0 Å². The van der Waals surface area contributed by atoms with Crippen molar-refractivity contribution in [3.05, 3.63) is 51.7 Å². The van der Waals surface area contributed by atoms with E-state index >= 15 is 0 Å². The average molecular weight is 394 g/mol. The van der Waals surface area contributed by atoms with Crippen molar-refractivity contribution in [3.63, 3.8) is 0 Å². The van der Waals surface area contributed by atoms with Gasteiger partial charge in [-0.3, -0.25) is 4.79 Å². The highest BCUT2D eigenvalue weighted by molar-refractivity contribution is 6.01. The second-order valence-electron chi connectivity index (χ2n) is 7.82. The third-order valence-corrected chi connectivity index (χ3v) is 5.17. The molecule has 0 radical (unpaired) electrons. The second-order valence-corrected chi connectivity index (χ2v) is 7.82. The Balaban J connectivity index is 1.92. The number of phenolic OH excluding ortho intramolecular Hbond substituents is 3. The molecule has 150 valence electrons. The van der Waals surface area contributed by atoms with Crippen LogP contribution in [0.4, 0.5) is 0 Å². The first-order valence-corrected chi connectivity index (χ1v) is 9.39. The summed E-state index contributed by atoms with van der Waals surface area (Å²) >= 11 is 0. The molecule has 2 heterocycles. The number of phenols is 3. The van der Waals surface area contributed by atoms with E-state index < -0.39 is 11.0 Å². The summed E-state index contributed by atoms with van der Waals surface area (Å²) in [6.07, 6.45) is 7.42. The Kier molecular flexibility index (Phi) is 4.30. The van der Waals surface area contributed by atoms with E-state index in [1.54, 1.807) is 6.08 Å². The monoisotopic (exact) mass is 394 g/mol. The van der Waals surface area contributed by atoms with Gasteiger partial charge >= 0.3 is 0 Å². The minimum absolute atomic E-state index is 0.0708. The average Bonchev–Trinajstić information content (AvgIpc) is 2.63. The molecule has 1 aliphatic heterocycles. The maximum absolute atomic E-state index is 12.9. The molecular formula is C23H22O6. The molecule has 0 aliphatic carbocycles. The summed E-state index contributed by atoms with van der Waals surface area (Å²) in [5.41, 5.74) is 0.492. The predicted octanol–water partition coefficient (Wildman–Crippen LogP) is 4.97. The Morgan fingerprint density at radius 1 is 1.07 bits per heavy atom. The van der Waals surface area contributed by atoms with Gasteiger partial charge in [0.2, 0.25) is 5.43 Å². The highest BCUT2D eigenvalue weighted by atomic mass is 16.5. The molecule has 2 aromatic carbocycles. The van der Waals surface area contributed by atoms with Crippen molar-refractivity contribution in [3.8, 4) is 23.0 Å². The van der Waals surface area contributed by atoms with Crippen molar-refractivity contribution in [1.82, 2.24) is 0 Å². The first kappa shape index (κ1) is 18.9. The van der Waals surface area contributed by atoms with Crippen LogP contribution in [0.25, 0.3) is 28.0 Å². The zero-order valence-electron chi connectivity index (χ0n) is 16.4. The summed E-state index contributed by atoms with van der Waals surface area (Å²) in [5, 5.41) is 30.5. The summed E-state index contributed by atoms with van der Waals surface area (Å²) in [5.74, 6) is -0.524. The van der Waals surface area contributed by atoms with Crippen LogP contribution in [0.1, 0.15) is 39.2 Å². The Morgan fingerprint density at radius 3 is 2.48 bits per heavy atom. The summed E-state index contributed by atoms with van der Waals surface area (Å²) in [6, 6.07) is 3.84. The lowest BCUT2D eigenvalue weighted by molar-refractivity contribution is 0.128. The fourth-order valence-electron chi connectivity index (χ4n) is 3.64. The third-order valence-electron chi connectivity index (χ3n) is 5.17. The normalized spacial score (nSPS) is 17.9. The van der Waals surface area contributed by atoms with Gasteiger partial charge in [0.05, 0.1) is 5.56 Å². The van der Waals surface area contributed by atoms with Crippen LogP contribution in [0.3, 0.4) is 0 Å². The number of benzene rings is 2. The number of rotatable bonds is 3. The van der Waals surface area contributed by atoms with Crippen molar-refractivity contribution in [2.75, 3.05) is 0 Å². The molecule has 1 aromatic heterocycles. The van der Waals surface area contributed by atoms with Crippen molar-refractivity contribution < 1.29 is 24.5 Å². The van der Waals surface area contributed by atoms with E-state index in [9.17, 15) is 20.1 Å². The van der Waals surface area contributed by atoms with Crippen molar-refractivity contribution in [2.45, 2.75) is 39.2 Å². The van der Waals surface area contributed by atoms with Gasteiger partial charge in [-0.1, -0.05) is 11.6 Å². The molecule has 0 fully saturated rings. The van der Waals surface area contributed by atoms with Gasteiger partial charge in [-0.2, -0.15) is 0 Å². The lowest BCUT2D eigenvalue weighted by Crippen LogP contribution is -2.31. The van der Waals surface area contributed by atoms with Crippen LogP contribution >= 0.6 is 0 Å². The van der Waals surface area contributed by atoms with Gasteiger partial charge in [-0.15, -0.1) is 0 Å². The van der Waals surface area contributed by atoms with E-state index in [1.165, 1.54) is 23.8 Å². The predicted molar refractivity (Wildman–Crippen MR) is 112 cm³/mol. The van der Waals surface area contributed by atoms with Crippen LogP contribution in [0.5, 0.6) is 23.0 Å². The van der Waals surface area contributed by atoms with Crippen LogP contribution in [-0.4, -0.2) is 20.9 Å². The molecule has 0 amide bonds. The molecule has 6 nitrogen and oxygen atoms in total. The standard InChI is InChI=1S/C23H22O6/c1-12(2)5-4-9-23(3)10-8-13-17(29-23)11-16(26)19-20(27)18-14(24)6-7-15(25)22(18)28-21(13)19/h5-8,10-11,24-26H,4,9H2,1-3H3/t23-/m0/s1. The van der Waals surface area contributed by atoms with Gasteiger partial charge in [-0.05, 0) is 57.9 Å². The van der Waals surface area contributed by atoms with Gasteiger partial charge in [-0.25, -0.2) is 0 Å². The maximum atomic E-state index is 12.9.